The van der Waals surface area contributed by atoms with Gasteiger partial charge in [-0.25, -0.2) is 4.98 Å². The summed E-state index contributed by atoms with van der Waals surface area (Å²) in [4.78, 5) is 8.51. The van der Waals surface area contributed by atoms with Gasteiger partial charge >= 0.3 is 0 Å². The Morgan fingerprint density at radius 1 is 1.33 bits per heavy atom. The van der Waals surface area contributed by atoms with Crippen molar-refractivity contribution in [1.82, 2.24) is 9.97 Å². The standard InChI is InChI=1S/C11H18N4/c1-8(9-4-3-5-9)14-11-7-13-6-10(12-2)15-11/h6-9H,3-5H2,1-2H3,(H2,12,14,15). The molecule has 1 aliphatic carbocycles. The lowest BCUT2D eigenvalue weighted by atomic mass is 9.80. The van der Waals surface area contributed by atoms with Gasteiger partial charge in [-0.05, 0) is 25.7 Å². The van der Waals surface area contributed by atoms with Crippen LogP contribution < -0.4 is 10.6 Å². The molecule has 4 nitrogen and oxygen atoms in total. The average Bonchev–Trinajstić information content (AvgIpc) is 2.15. The Bertz CT molecular complexity index is 322. The van der Waals surface area contributed by atoms with Gasteiger partial charge in [0.05, 0.1) is 12.4 Å². The maximum absolute atomic E-state index is 4.39. The van der Waals surface area contributed by atoms with E-state index >= 15 is 0 Å². The van der Waals surface area contributed by atoms with Crippen molar-refractivity contribution in [2.24, 2.45) is 5.92 Å². The quantitative estimate of drug-likeness (QED) is 0.792. The van der Waals surface area contributed by atoms with Crippen molar-refractivity contribution in [3.05, 3.63) is 12.4 Å². The molecule has 1 unspecified atom stereocenters. The van der Waals surface area contributed by atoms with Crippen LogP contribution >= 0.6 is 0 Å². The summed E-state index contributed by atoms with van der Waals surface area (Å²) in [5.41, 5.74) is 0. The Morgan fingerprint density at radius 3 is 2.67 bits per heavy atom. The lowest BCUT2D eigenvalue weighted by Crippen LogP contribution is -2.31. The lowest BCUT2D eigenvalue weighted by molar-refractivity contribution is 0.285. The summed E-state index contributed by atoms with van der Waals surface area (Å²) >= 11 is 0. The van der Waals surface area contributed by atoms with Crippen LogP contribution in [0, 0.1) is 5.92 Å². The van der Waals surface area contributed by atoms with Crippen LogP contribution in [0.4, 0.5) is 11.6 Å². The molecule has 0 spiro atoms. The predicted octanol–water partition coefficient (Wildman–Crippen LogP) is 2.12. The maximum Gasteiger partial charge on any atom is 0.147 e. The highest BCUT2D eigenvalue weighted by atomic mass is 15.1. The Hall–Kier alpha value is -1.32. The number of nitrogens with zero attached hydrogens (tertiary/aromatic N) is 2. The van der Waals surface area contributed by atoms with E-state index < -0.39 is 0 Å². The number of hydrogen-bond donors (Lipinski definition) is 2. The van der Waals surface area contributed by atoms with Crippen LogP contribution in [0.15, 0.2) is 12.4 Å². The molecule has 0 radical (unpaired) electrons. The minimum absolute atomic E-state index is 0.500. The van der Waals surface area contributed by atoms with Crippen LogP contribution in [0.5, 0.6) is 0 Å². The fourth-order valence-electron chi connectivity index (χ4n) is 1.85. The van der Waals surface area contributed by atoms with Gasteiger partial charge in [-0.3, -0.25) is 4.98 Å². The molecule has 1 aliphatic rings. The molecule has 0 aliphatic heterocycles. The van der Waals surface area contributed by atoms with Crippen LogP contribution in [0.3, 0.4) is 0 Å². The van der Waals surface area contributed by atoms with Crippen LogP contribution in [0.1, 0.15) is 26.2 Å². The Balaban J connectivity index is 1.96. The second-order valence-corrected chi connectivity index (χ2v) is 4.16. The fourth-order valence-corrected chi connectivity index (χ4v) is 1.85. The van der Waals surface area contributed by atoms with E-state index in [0.717, 1.165) is 17.6 Å². The predicted molar refractivity (Wildman–Crippen MR) is 62.0 cm³/mol. The van der Waals surface area contributed by atoms with Gasteiger partial charge in [-0.15, -0.1) is 0 Å². The first-order valence-corrected chi connectivity index (χ1v) is 5.56. The van der Waals surface area contributed by atoms with Gasteiger partial charge in [0.2, 0.25) is 0 Å². The largest absolute Gasteiger partial charge is 0.372 e. The van der Waals surface area contributed by atoms with E-state index in [4.69, 9.17) is 0 Å². The van der Waals surface area contributed by atoms with Gasteiger partial charge in [0.1, 0.15) is 11.6 Å². The van der Waals surface area contributed by atoms with Crippen molar-refractivity contribution in [2.75, 3.05) is 17.7 Å². The third-order valence-corrected chi connectivity index (χ3v) is 3.12. The number of nitrogens with one attached hydrogen (secondary N) is 2. The number of hydrogen-bond acceptors (Lipinski definition) is 4. The minimum atomic E-state index is 0.500. The van der Waals surface area contributed by atoms with Gasteiger partial charge in [0.15, 0.2) is 0 Å². The summed E-state index contributed by atoms with van der Waals surface area (Å²) in [6.07, 6.45) is 7.55. The SMILES string of the molecule is CNc1cncc(NC(C)C2CCC2)n1. The normalized spacial score (nSPS) is 18.0. The molecule has 15 heavy (non-hydrogen) atoms. The third-order valence-electron chi connectivity index (χ3n) is 3.12. The zero-order valence-electron chi connectivity index (χ0n) is 9.33. The van der Waals surface area contributed by atoms with Gasteiger partial charge in [0.25, 0.3) is 0 Å². The summed E-state index contributed by atoms with van der Waals surface area (Å²) in [6, 6.07) is 0.500. The molecule has 0 saturated heterocycles. The molecule has 2 rings (SSSR count). The number of aromatic nitrogens is 2. The van der Waals surface area contributed by atoms with E-state index in [1.54, 1.807) is 12.4 Å². The molecule has 4 heteroatoms. The van der Waals surface area contributed by atoms with Gasteiger partial charge in [0, 0.05) is 13.1 Å². The highest BCUT2D eigenvalue weighted by Crippen LogP contribution is 2.30. The molecular formula is C11H18N4. The first-order chi connectivity index (χ1) is 7.29. The van der Waals surface area contributed by atoms with Crippen molar-refractivity contribution < 1.29 is 0 Å². The van der Waals surface area contributed by atoms with Crippen LogP contribution in [-0.4, -0.2) is 23.1 Å². The highest BCUT2D eigenvalue weighted by Gasteiger charge is 2.23. The summed E-state index contributed by atoms with van der Waals surface area (Å²) in [5.74, 6) is 2.48. The number of anilines is 2. The third kappa shape index (κ3) is 2.37. The molecule has 0 aromatic carbocycles. The van der Waals surface area contributed by atoms with Crippen LogP contribution in [0.2, 0.25) is 0 Å². The first kappa shape index (κ1) is 10.2. The molecule has 1 aromatic heterocycles. The summed E-state index contributed by atoms with van der Waals surface area (Å²) < 4.78 is 0. The molecule has 2 N–H and O–H groups in total. The van der Waals surface area contributed by atoms with E-state index in [1.807, 2.05) is 7.05 Å². The Labute approximate surface area is 90.5 Å². The zero-order valence-corrected chi connectivity index (χ0v) is 9.33. The van der Waals surface area contributed by atoms with Crippen LogP contribution in [0.25, 0.3) is 0 Å². The van der Waals surface area contributed by atoms with E-state index in [0.29, 0.717) is 6.04 Å². The maximum atomic E-state index is 4.39. The van der Waals surface area contributed by atoms with E-state index in [2.05, 4.69) is 27.5 Å². The molecule has 1 saturated carbocycles. The van der Waals surface area contributed by atoms with E-state index in [-0.39, 0.29) is 0 Å². The average molecular weight is 206 g/mol. The van der Waals surface area contributed by atoms with E-state index in [1.165, 1.54) is 19.3 Å². The summed E-state index contributed by atoms with van der Waals surface area (Å²) in [6.45, 7) is 2.22. The first-order valence-electron chi connectivity index (χ1n) is 5.56. The van der Waals surface area contributed by atoms with Crippen molar-refractivity contribution >= 4 is 11.6 Å². The van der Waals surface area contributed by atoms with Crippen molar-refractivity contribution in [3.63, 3.8) is 0 Å². The lowest BCUT2D eigenvalue weighted by Gasteiger charge is -2.32. The molecule has 82 valence electrons. The molecule has 1 atom stereocenters. The van der Waals surface area contributed by atoms with Crippen LogP contribution in [-0.2, 0) is 0 Å². The second-order valence-electron chi connectivity index (χ2n) is 4.16. The summed E-state index contributed by atoms with van der Waals surface area (Å²) in [7, 11) is 1.85. The molecule has 0 bridgehead atoms. The Kier molecular flexibility index (Phi) is 3.04. The van der Waals surface area contributed by atoms with Gasteiger partial charge in [-0.1, -0.05) is 6.42 Å². The molecule has 0 amide bonds. The molecular weight excluding hydrogens is 188 g/mol. The van der Waals surface area contributed by atoms with Crippen molar-refractivity contribution in [3.8, 4) is 0 Å². The van der Waals surface area contributed by atoms with Gasteiger partial charge in [-0.2, -0.15) is 0 Å². The Morgan fingerprint density at radius 2 is 2.07 bits per heavy atom. The fraction of sp³-hybridized carbons (Fsp3) is 0.636. The van der Waals surface area contributed by atoms with E-state index in [9.17, 15) is 0 Å². The molecule has 1 heterocycles. The molecule has 1 fully saturated rings. The van der Waals surface area contributed by atoms with Crippen molar-refractivity contribution in [1.29, 1.82) is 0 Å². The zero-order chi connectivity index (χ0) is 10.7. The topological polar surface area (TPSA) is 49.8 Å². The molecule has 1 aromatic rings. The second kappa shape index (κ2) is 4.47. The monoisotopic (exact) mass is 206 g/mol. The van der Waals surface area contributed by atoms with Crippen molar-refractivity contribution in [2.45, 2.75) is 32.2 Å². The highest BCUT2D eigenvalue weighted by molar-refractivity contribution is 5.41. The van der Waals surface area contributed by atoms with Gasteiger partial charge < -0.3 is 10.6 Å². The summed E-state index contributed by atoms with van der Waals surface area (Å²) in [5, 5.41) is 6.39. The minimum Gasteiger partial charge on any atom is -0.372 e. The smallest absolute Gasteiger partial charge is 0.147 e. The number of rotatable bonds is 4.